The van der Waals surface area contributed by atoms with Crippen molar-refractivity contribution in [2.24, 2.45) is 0 Å². The molecule has 0 aliphatic heterocycles. The Kier molecular flexibility index (Phi) is 9.37. The molecule has 2 aromatic rings. The molecule has 0 aliphatic carbocycles. The van der Waals surface area contributed by atoms with Crippen molar-refractivity contribution in [2.75, 3.05) is 0 Å². The van der Waals surface area contributed by atoms with Crippen molar-refractivity contribution in [1.29, 1.82) is 10.5 Å². The fraction of sp³-hybridized carbons (Fsp3) is 0.533. The highest BCUT2D eigenvalue weighted by Crippen LogP contribution is 2.58. The van der Waals surface area contributed by atoms with Crippen LogP contribution in [-0.2, 0) is 0 Å². The summed E-state index contributed by atoms with van der Waals surface area (Å²) >= 11 is 3.35. The van der Waals surface area contributed by atoms with Gasteiger partial charge in [-0.1, -0.05) is 116 Å². The number of nitrogens with zero attached hydrogens (tertiary/aromatic N) is 2. The minimum absolute atomic E-state index is 0.149. The molecule has 34 heavy (non-hydrogen) atoms. The molecule has 4 atom stereocenters. The van der Waals surface area contributed by atoms with E-state index in [0.29, 0.717) is 12.8 Å². The minimum Gasteiger partial charge on any atom is -0.197 e. The van der Waals surface area contributed by atoms with Gasteiger partial charge < -0.3 is 0 Å². The Morgan fingerprint density at radius 1 is 0.618 bits per heavy atom. The van der Waals surface area contributed by atoms with Gasteiger partial charge in [-0.25, -0.2) is 0 Å². The van der Waals surface area contributed by atoms with Crippen LogP contribution in [0.3, 0.4) is 0 Å². The summed E-state index contributed by atoms with van der Waals surface area (Å²) in [7, 11) is 0. The first-order valence-corrected chi connectivity index (χ1v) is 13.7. The van der Waals surface area contributed by atoms with Crippen molar-refractivity contribution < 1.29 is 0 Å². The summed E-state index contributed by atoms with van der Waals surface area (Å²) in [5.41, 5.74) is 2.42. The van der Waals surface area contributed by atoms with E-state index in [-0.39, 0.29) is 21.3 Å². The molecule has 182 valence electrons. The first-order chi connectivity index (χ1) is 15.8. The summed E-state index contributed by atoms with van der Waals surface area (Å²) in [5, 5.41) is 21.9. The molecule has 0 fully saturated rings. The van der Waals surface area contributed by atoms with Crippen LogP contribution in [0.1, 0.15) is 91.2 Å². The average molecular weight is 493 g/mol. The third-order valence-corrected chi connectivity index (χ3v) is 9.16. The van der Waals surface area contributed by atoms with E-state index < -0.39 is 9.49 Å². The van der Waals surface area contributed by atoms with Gasteiger partial charge in [0.25, 0.3) is 0 Å². The molecule has 0 bridgehead atoms. The van der Waals surface area contributed by atoms with Crippen molar-refractivity contribution in [3.63, 3.8) is 0 Å². The number of benzene rings is 2. The lowest BCUT2D eigenvalue weighted by Crippen LogP contribution is -2.52. The molecule has 0 radical (unpaired) electrons. The molecular weight excluding hydrogens is 452 g/mol. The smallest absolute Gasteiger partial charge is 0.131 e. The molecule has 4 heteroatoms. The van der Waals surface area contributed by atoms with Gasteiger partial charge in [-0.3, -0.25) is 0 Å². The Morgan fingerprint density at radius 3 is 1.15 bits per heavy atom. The van der Waals surface area contributed by atoms with Crippen LogP contribution in [0, 0.1) is 22.7 Å². The molecule has 0 aromatic heterocycles. The summed E-state index contributed by atoms with van der Waals surface area (Å²) in [6, 6.07) is 26.3. The maximum atomic E-state index is 10.9. The SMILES string of the molecule is CC(CC(C#N)(SC(C)(C)C)C(C#N)(CC(C)c1ccccc1)SC(C)(C)C)c1ccccc1. The molecular formula is C30H40N2S2. The van der Waals surface area contributed by atoms with Crippen LogP contribution >= 0.6 is 23.5 Å². The summed E-state index contributed by atoms with van der Waals surface area (Å²) < 4.78 is -2.14. The Morgan fingerprint density at radius 2 is 0.912 bits per heavy atom. The quantitative estimate of drug-likeness (QED) is 0.350. The van der Waals surface area contributed by atoms with Crippen LogP contribution in [0.4, 0.5) is 0 Å². The standard InChI is InChI=1S/C30H40N2S2/c1-23(25-15-11-9-12-16-25)19-29(21-31,33-27(3,4)5)30(22-32,34-28(6,7)8)20-24(2)26-17-13-10-14-18-26/h9-18,23-24H,19-20H2,1-8H3. The maximum Gasteiger partial charge on any atom is 0.131 e. The highest BCUT2D eigenvalue weighted by molar-refractivity contribution is 8.06. The molecule has 0 heterocycles. The van der Waals surface area contributed by atoms with E-state index in [1.165, 1.54) is 11.1 Å². The zero-order chi connectivity index (χ0) is 25.6. The van der Waals surface area contributed by atoms with Gasteiger partial charge in [0.15, 0.2) is 0 Å². The van der Waals surface area contributed by atoms with Crippen molar-refractivity contribution in [3.05, 3.63) is 71.8 Å². The largest absolute Gasteiger partial charge is 0.197 e. The summed E-state index contributed by atoms with van der Waals surface area (Å²) in [6.45, 7) is 17.3. The van der Waals surface area contributed by atoms with Gasteiger partial charge >= 0.3 is 0 Å². The van der Waals surface area contributed by atoms with E-state index in [0.717, 1.165) is 0 Å². The van der Waals surface area contributed by atoms with Crippen LogP contribution in [0.15, 0.2) is 60.7 Å². The Balaban J connectivity index is 2.68. The topological polar surface area (TPSA) is 47.6 Å². The van der Waals surface area contributed by atoms with Gasteiger partial charge in [0, 0.05) is 9.49 Å². The van der Waals surface area contributed by atoms with Crippen molar-refractivity contribution >= 4 is 23.5 Å². The molecule has 0 spiro atoms. The lowest BCUT2D eigenvalue weighted by atomic mass is 9.77. The Hall–Kier alpha value is -1.88. The summed E-state index contributed by atoms with van der Waals surface area (Å²) in [4.78, 5) is 0. The van der Waals surface area contributed by atoms with Crippen LogP contribution < -0.4 is 0 Å². The van der Waals surface area contributed by atoms with Crippen LogP contribution in [0.5, 0.6) is 0 Å². The minimum atomic E-state index is -0.893. The second-order valence-corrected chi connectivity index (χ2v) is 15.6. The lowest BCUT2D eigenvalue weighted by molar-refractivity contribution is 0.452. The van der Waals surface area contributed by atoms with E-state index in [2.05, 4.69) is 116 Å². The Bertz CT molecular complexity index is 909. The predicted octanol–water partition coefficient (Wildman–Crippen LogP) is 8.96. The molecule has 0 N–H and O–H groups in total. The molecule has 0 saturated carbocycles. The first-order valence-electron chi connectivity index (χ1n) is 12.1. The third kappa shape index (κ3) is 7.31. The van der Waals surface area contributed by atoms with Crippen LogP contribution in [-0.4, -0.2) is 19.0 Å². The second-order valence-electron chi connectivity index (χ2n) is 11.3. The predicted molar refractivity (Wildman–Crippen MR) is 150 cm³/mol. The molecule has 2 aromatic carbocycles. The third-order valence-electron chi connectivity index (χ3n) is 5.90. The van der Waals surface area contributed by atoms with Crippen LogP contribution in [0.25, 0.3) is 0 Å². The number of hydrogen-bond acceptors (Lipinski definition) is 4. The lowest BCUT2D eigenvalue weighted by Gasteiger charge is -2.48. The van der Waals surface area contributed by atoms with Gasteiger partial charge in [-0.2, -0.15) is 10.5 Å². The fourth-order valence-electron chi connectivity index (χ4n) is 4.60. The normalized spacial score (nSPS) is 17.5. The first kappa shape index (κ1) is 28.4. The van der Waals surface area contributed by atoms with Crippen molar-refractivity contribution in [3.8, 4) is 12.1 Å². The van der Waals surface area contributed by atoms with Gasteiger partial charge in [0.1, 0.15) is 9.49 Å². The number of nitriles is 2. The van der Waals surface area contributed by atoms with E-state index in [9.17, 15) is 10.5 Å². The monoisotopic (exact) mass is 492 g/mol. The number of hydrogen-bond donors (Lipinski definition) is 0. The fourth-order valence-corrected chi connectivity index (χ4v) is 8.29. The molecule has 2 nitrogen and oxygen atoms in total. The second kappa shape index (κ2) is 11.2. The van der Waals surface area contributed by atoms with Crippen LogP contribution in [0.2, 0.25) is 0 Å². The van der Waals surface area contributed by atoms with E-state index in [4.69, 9.17) is 0 Å². The zero-order valence-corrected chi connectivity index (χ0v) is 23.7. The van der Waals surface area contributed by atoms with Crippen molar-refractivity contribution in [2.45, 2.75) is 99.1 Å². The Labute approximate surface area is 216 Å². The molecule has 4 unspecified atom stereocenters. The van der Waals surface area contributed by atoms with Gasteiger partial charge in [-0.05, 0) is 35.8 Å². The van der Waals surface area contributed by atoms with Crippen molar-refractivity contribution in [1.82, 2.24) is 0 Å². The van der Waals surface area contributed by atoms with Gasteiger partial charge in [-0.15, -0.1) is 23.5 Å². The van der Waals surface area contributed by atoms with E-state index in [1.807, 2.05) is 12.1 Å². The maximum absolute atomic E-state index is 10.9. The molecule has 0 aliphatic rings. The van der Waals surface area contributed by atoms with Gasteiger partial charge in [0.05, 0.1) is 12.1 Å². The highest BCUT2D eigenvalue weighted by Gasteiger charge is 2.57. The highest BCUT2D eigenvalue weighted by atomic mass is 32.2. The molecule has 0 saturated heterocycles. The summed E-state index contributed by atoms with van der Waals surface area (Å²) in [5.74, 6) is 0.298. The van der Waals surface area contributed by atoms with E-state index in [1.54, 1.807) is 23.5 Å². The molecule has 2 rings (SSSR count). The number of thioether (sulfide) groups is 2. The number of rotatable bonds is 9. The average Bonchev–Trinajstić information content (AvgIpc) is 2.77. The summed E-state index contributed by atoms with van der Waals surface area (Å²) in [6.07, 6.45) is 1.24. The van der Waals surface area contributed by atoms with E-state index >= 15 is 0 Å². The zero-order valence-electron chi connectivity index (χ0n) is 22.1. The van der Waals surface area contributed by atoms with Gasteiger partial charge in [0.2, 0.25) is 0 Å². The molecule has 0 amide bonds.